The molecule has 2 unspecified atom stereocenters. The molecule has 1 amide bonds. The van der Waals surface area contributed by atoms with E-state index in [9.17, 15) is 4.79 Å². The van der Waals surface area contributed by atoms with Crippen molar-refractivity contribution in [2.45, 2.75) is 83.6 Å². The van der Waals surface area contributed by atoms with Crippen molar-refractivity contribution in [1.29, 1.82) is 0 Å². The largest absolute Gasteiger partial charge is 0.356 e. The summed E-state index contributed by atoms with van der Waals surface area (Å²) >= 11 is 0. The molecule has 0 aromatic carbocycles. The number of amides is 1. The summed E-state index contributed by atoms with van der Waals surface area (Å²) in [5.41, 5.74) is 6.07. The summed E-state index contributed by atoms with van der Waals surface area (Å²) in [6.07, 6.45) is 13.0. The van der Waals surface area contributed by atoms with Crippen molar-refractivity contribution in [3.8, 4) is 0 Å². The first-order chi connectivity index (χ1) is 9.24. The lowest BCUT2D eigenvalue weighted by Crippen LogP contribution is -2.37. The van der Waals surface area contributed by atoms with Crippen LogP contribution in [0, 0.1) is 5.92 Å². The van der Waals surface area contributed by atoms with Gasteiger partial charge in [-0.25, -0.2) is 0 Å². The first-order valence-electron chi connectivity index (χ1n) is 8.26. The maximum absolute atomic E-state index is 11.8. The molecule has 0 saturated heterocycles. The Morgan fingerprint density at radius 1 is 1.11 bits per heavy atom. The van der Waals surface area contributed by atoms with E-state index in [1.807, 2.05) is 0 Å². The normalized spacial score (nSPS) is 23.3. The molecule has 1 saturated carbocycles. The SMILES string of the molecule is CCCCCCCCNC(=O)CC1CCCCC1N. The number of rotatable bonds is 9. The fourth-order valence-electron chi connectivity index (χ4n) is 2.93. The van der Waals surface area contributed by atoms with Crippen molar-refractivity contribution < 1.29 is 4.79 Å². The van der Waals surface area contributed by atoms with Gasteiger partial charge in [-0.1, -0.05) is 51.9 Å². The molecule has 0 heterocycles. The Hall–Kier alpha value is -0.570. The Morgan fingerprint density at radius 2 is 1.79 bits per heavy atom. The lowest BCUT2D eigenvalue weighted by molar-refractivity contribution is -0.122. The summed E-state index contributed by atoms with van der Waals surface area (Å²) in [7, 11) is 0. The van der Waals surface area contributed by atoms with Gasteiger partial charge in [0.1, 0.15) is 0 Å². The first kappa shape index (κ1) is 16.5. The highest BCUT2D eigenvalue weighted by Gasteiger charge is 2.23. The topological polar surface area (TPSA) is 55.1 Å². The summed E-state index contributed by atoms with van der Waals surface area (Å²) in [6, 6.07) is 0.244. The van der Waals surface area contributed by atoms with Gasteiger partial charge in [-0.2, -0.15) is 0 Å². The van der Waals surface area contributed by atoms with Crippen LogP contribution >= 0.6 is 0 Å². The van der Waals surface area contributed by atoms with Gasteiger partial charge in [-0.3, -0.25) is 4.79 Å². The van der Waals surface area contributed by atoms with E-state index >= 15 is 0 Å². The van der Waals surface area contributed by atoms with Crippen molar-refractivity contribution in [2.75, 3.05) is 6.54 Å². The van der Waals surface area contributed by atoms with Gasteiger partial charge >= 0.3 is 0 Å². The van der Waals surface area contributed by atoms with Crippen molar-refractivity contribution in [1.82, 2.24) is 5.32 Å². The zero-order valence-corrected chi connectivity index (χ0v) is 12.6. The average molecular weight is 268 g/mol. The van der Waals surface area contributed by atoms with Crippen LogP contribution in [0.25, 0.3) is 0 Å². The third-order valence-corrected chi connectivity index (χ3v) is 4.27. The molecule has 1 fully saturated rings. The molecular weight excluding hydrogens is 236 g/mol. The monoisotopic (exact) mass is 268 g/mol. The van der Waals surface area contributed by atoms with E-state index < -0.39 is 0 Å². The number of nitrogens with one attached hydrogen (secondary N) is 1. The first-order valence-corrected chi connectivity index (χ1v) is 8.26. The Balaban J connectivity index is 1.98. The zero-order valence-electron chi connectivity index (χ0n) is 12.6. The average Bonchev–Trinajstić information content (AvgIpc) is 2.40. The van der Waals surface area contributed by atoms with Crippen LogP contribution in [-0.2, 0) is 4.79 Å². The van der Waals surface area contributed by atoms with Crippen molar-refractivity contribution in [3.63, 3.8) is 0 Å². The summed E-state index contributed by atoms with van der Waals surface area (Å²) < 4.78 is 0. The molecule has 1 aliphatic rings. The molecule has 0 aromatic rings. The van der Waals surface area contributed by atoms with Crippen LogP contribution in [-0.4, -0.2) is 18.5 Å². The van der Waals surface area contributed by atoms with Crippen LogP contribution in [0.2, 0.25) is 0 Å². The molecule has 0 radical (unpaired) electrons. The highest BCUT2D eigenvalue weighted by Crippen LogP contribution is 2.25. The molecule has 0 aliphatic heterocycles. The van der Waals surface area contributed by atoms with E-state index in [1.165, 1.54) is 44.9 Å². The number of carbonyl (C=O) groups is 1. The lowest BCUT2D eigenvalue weighted by Gasteiger charge is -2.27. The number of nitrogens with two attached hydrogens (primary N) is 1. The van der Waals surface area contributed by atoms with Gasteiger partial charge in [0.05, 0.1) is 0 Å². The number of hydrogen-bond acceptors (Lipinski definition) is 2. The molecule has 3 nitrogen and oxygen atoms in total. The second-order valence-electron chi connectivity index (χ2n) is 6.03. The fraction of sp³-hybridized carbons (Fsp3) is 0.938. The van der Waals surface area contributed by atoms with Gasteiger partial charge < -0.3 is 11.1 Å². The lowest BCUT2D eigenvalue weighted by atomic mass is 9.83. The van der Waals surface area contributed by atoms with Crippen molar-refractivity contribution >= 4 is 5.91 Å². The Bertz CT molecular complexity index is 243. The second-order valence-corrected chi connectivity index (χ2v) is 6.03. The van der Waals surface area contributed by atoms with E-state index in [2.05, 4.69) is 12.2 Å². The molecule has 0 bridgehead atoms. The predicted molar refractivity (Wildman–Crippen MR) is 80.9 cm³/mol. The molecule has 0 spiro atoms. The molecule has 3 N–H and O–H groups in total. The third-order valence-electron chi connectivity index (χ3n) is 4.27. The highest BCUT2D eigenvalue weighted by molar-refractivity contribution is 5.76. The van der Waals surface area contributed by atoms with E-state index in [-0.39, 0.29) is 11.9 Å². The fourth-order valence-corrected chi connectivity index (χ4v) is 2.93. The summed E-state index contributed by atoms with van der Waals surface area (Å²) in [5.74, 6) is 0.620. The predicted octanol–water partition coefficient (Wildman–Crippen LogP) is 3.37. The van der Waals surface area contributed by atoms with Crippen molar-refractivity contribution in [3.05, 3.63) is 0 Å². The number of unbranched alkanes of at least 4 members (excludes halogenated alkanes) is 5. The molecule has 1 rings (SSSR count). The molecule has 19 heavy (non-hydrogen) atoms. The Labute approximate surface area is 118 Å². The minimum absolute atomic E-state index is 0.205. The smallest absolute Gasteiger partial charge is 0.220 e. The van der Waals surface area contributed by atoms with Gasteiger partial charge in [-0.05, 0) is 25.2 Å². The van der Waals surface area contributed by atoms with Gasteiger partial charge in [0.15, 0.2) is 0 Å². The van der Waals surface area contributed by atoms with Gasteiger partial charge in [0.2, 0.25) is 5.91 Å². The second kappa shape index (κ2) is 10.2. The van der Waals surface area contributed by atoms with Gasteiger partial charge in [-0.15, -0.1) is 0 Å². The maximum atomic E-state index is 11.8. The standard InChI is InChI=1S/C16H32N2O/c1-2-3-4-5-6-9-12-18-16(19)13-14-10-7-8-11-15(14)17/h14-15H,2-13,17H2,1H3,(H,18,19). The zero-order chi connectivity index (χ0) is 13.9. The van der Waals surface area contributed by atoms with Crippen LogP contribution in [0.4, 0.5) is 0 Å². The summed E-state index contributed by atoms with van der Waals surface area (Å²) in [5, 5.41) is 3.05. The van der Waals surface area contributed by atoms with Crippen LogP contribution < -0.4 is 11.1 Å². The van der Waals surface area contributed by atoms with E-state index in [4.69, 9.17) is 5.73 Å². The van der Waals surface area contributed by atoms with E-state index in [0.29, 0.717) is 12.3 Å². The Morgan fingerprint density at radius 3 is 2.53 bits per heavy atom. The summed E-state index contributed by atoms with van der Waals surface area (Å²) in [6.45, 7) is 3.07. The molecule has 1 aliphatic carbocycles. The van der Waals surface area contributed by atoms with Gasteiger partial charge in [0.25, 0.3) is 0 Å². The molecule has 2 atom stereocenters. The van der Waals surface area contributed by atoms with Crippen LogP contribution in [0.15, 0.2) is 0 Å². The van der Waals surface area contributed by atoms with Crippen LogP contribution in [0.3, 0.4) is 0 Å². The van der Waals surface area contributed by atoms with Crippen LogP contribution in [0.5, 0.6) is 0 Å². The molecule has 112 valence electrons. The molecule has 3 heteroatoms. The summed E-state index contributed by atoms with van der Waals surface area (Å²) in [4.78, 5) is 11.8. The number of carbonyl (C=O) groups excluding carboxylic acids is 1. The van der Waals surface area contributed by atoms with Crippen LogP contribution in [0.1, 0.15) is 77.6 Å². The molecular formula is C16H32N2O. The molecule has 0 aromatic heterocycles. The third kappa shape index (κ3) is 7.56. The number of hydrogen-bond donors (Lipinski definition) is 2. The van der Waals surface area contributed by atoms with E-state index in [1.54, 1.807) is 0 Å². The minimum Gasteiger partial charge on any atom is -0.356 e. The quantitative estimate of drug-likeness (QED) is 0.630. The van der Waals surface area contributed by atoms with Crippen molar-refractivity contribution in [2.24, 2.45) is 11.7 Å². The minimum atomic E-state index is 0.205. The highest BCUT2D eigenvalue weighted by atomic mass is 16.1. The van der Waals surface area contributed by atoms with E-state index in [0.717, 1.165) is 25.8 Å². The van der Waals surface area contributed by atoms with Gasteiger partial charge in [0, 0.05) is 19.0 Å². The maximum Gasteiger partial charge on any atom is 0.220 e. The Kier molecular flexibility index (Phi) is 8.89.